The Bertz CT molecular complexity index is 1560. The largest absolute Gasteiger partial charge is 0.459 e. The lowest BCUT2D eigenvalue weighted by molar-refractivity contribution is 0.0827. The predicted octanol–water partition coefficient (Wildman–Crippen LogP) is 7.52. The SMILES string of the molecule is CN1c2ccccc2C(C)(C)C12C=Nc1c(cc(N3CCc4cc(Br)ccc43)c3ccccc13)O2. The first-order valence-corrected chi connectivity index (χ1v) is 12.9. The van der Waals surface area contributed by atoms with Crippen molar-refractivity contribution in [2.24, 2.45) is 4.99 Å². The van der Waals surface area contributed by atoms with Gasteiger partial charge >= 0.3 is 0 Å². The maximum absolute atomic E-state index is 7.05. The molecule has 4 aromatic carbocycles. The summed E-state index contributed by atoms with van der Waals surface area (Å²) in [6.07, 6.45) is 3.04. The maximum atomic E-state index is 7.05. The van der Waals surface area contributed by atoms with Crippen molar-refractivity contribution < 1.29 is 4.74 Å². The first-order chi connectivity index (χ1) is 16.9. The van der Waals surface area contributed by atoms with Crippen molar-refractivity contribution >= 4 is 55.7 Å². The van der Waals surface area contributed by atoms with Gasteiger partial charge in [0, 0.05) is 46.3 Å². The molecule has 5 heteroatoms. The molecule has 0 bridgehead atoms. The lowest BCUT2D eigenvalue weighted by Crippen LogP contribution is -2.61. The molecule has 0 radical (unpaired) electrons. The molecule has 3 aliphatic heterocycles. The minimum absolute atomic E-state index is 0.280. The van der Waals surface area contributed by atoms with Gasteiger partial charge in [-0.05, 0) is 55.7 Å². The minimum atomic E-state index is -0.697. The van der Waals surface area contributed by atoms with Crippen LogP contribution in [0.5, 0.6) is 5.75 Å². The highest BCUT2D eigenvalue weighted by molar-refractivity contribution is 9.10. The number of hydrogen-bond acceptors (Lipinski definition) is 4. The molecule has 3 heterocycles. The summed E-state index contributed by atoms with van der Waals surface area (Å²) in [5.41, 5.74) is 6.19. The number of hydrogen-bond donors (Lipinski definition) is 0. The van der Waals surface area contributed by atoms with Crippen LogP contribution < -0.4 is 14.5 Å². The lowest BCUT2D eigenvalue weighted by atomic mass is 9.77. The van der Waals surface area contributed by atoms with Gasteiger partial charge in [-0.25, -0.2) is 0 Å². The van der Waals surface area contributed by atoms with E-state index >= 15 is 0 Å². The van der Waals surface area contributed by atoms with Gasteiger partial charge in [0.2, 0.25) is 5.72 Å². The van der Waals surface area contributed by atoms with Crippen LogP contribution in [0.25, 0.3) is 10.8 Å². The summed E-state index contributed by atoms with van der Waals surface area (Å²) in [4.78, 5) is 9.76. The van der Waals surface area contributed by atoms with Gasteiger partial charge in [-0.2, -0.15) is 0 Å². The molecule has 4 aromatic rings. The van der Waals surface area contributed by atoms with Crippen molar-refractivity contribution in [1.29, 1.82) is 0 Å². The zero-order valence-electron chi connectivity index (χ0n) is 20.0. The molecule has 0 saturated carbocycles. The van der Waals surface area contributed by atoms with E-state index in [-0.39, 0.29) is 5.41 Å². The number of aliphatic imine (C=N–C) groups is 1. The monoisotopic (exact) mass is 523 g/mol. The molecule has 174 valence electrons. The van der Waals surface area contributed by atoms with E-state index in [9.17, 15) is 0 Å². The molecular formula is C30H26BrN3O. The average molecular weight is 524 g/mol. The van der Waals surface area contributed by atoms with Crippen molar-refractivity contribution in [2.45, 2.75) is 31.4 Å². The van der Waals surface area contributed by atoms with Crippen molar-refractivity contribution in [3.05, 3.63) is 88.4 Å². The number of halogens is 1. The number of ether oxygens (including phenoxy) is 1. The maximum Gasteiger partial charge on any atom is 0.228 e. The minimum Gasteiger partial charge on any atom is -0.459 e. The average Bonchev–Trinajstić information content (AvgIpc) is 3.35. The third-order valence-corrected chi connectivity index (χ3v) is 8.65. The van der Waals surface area contributed by atoms with Crippen LogP contribution in [0.15, 0.2) is 82.3 Å². The van der Waals surface area contributed by atoms with Crippen LogP contribution in [0.3, 0.4) is 0 Å². The number of fused-ring (bicyclic) bond motifs is 5. The molecule has 0 N–H and O–H groups in total. The first-order valence-electron chi connectivity index (χ1n) is 12.1. The van der Waals surface area contributed by atoms with Crippen LogP contribution in [0.2, 0.25) is 0 Å². The number of nitrogens with zero attached hydrogens (tertiary/aromatic N) is 3. The third-order valence-electron chi connectivity index (χ3n) is 8.15. The van der Waals surface area contributed by atoms with Crippen LogP contribution in [-0.4, -0.2) is 25.5 Å². The highest BCUT2D eigenvalue weighted by atomic mass is 79.9. The Morgan fingerprint density at radius 3 is 2.49 bits per heavy atom. The predicted molar refractivity (Wildman–Crippen MR) is 148 cm³/mol. The molecule has 1 unspecified atom stereocenters. The molecule has 1 spiro atoms. The molecule has 0 amide bonds. The second-order valence-corrected chi connectivity index (χ2v) is 11.1. The second-order valence-electron chi connectivity index (χ2n) is 10.2. The number of benzene rings is 4. The summed E-state index contributed by atoms with van der Waals surface area (Å²) >= 11 is 3.63. The van der Waals surface area contributed by atoms with Gasteiger partial charge in [0.1, 0.15) is 5.69 Å². The van der Waals surface area contributed by atoms with Crippen LogP contribution in [0.4, 0.5) is 22.7 Å². The Labute approximate surface area is 214 Å². The van der Waals surface area contributed by atoms with Gasteiger partial charge in [-0.15, -0.1) is 0 Å². The highest BCUT2D eigenvalue weighted by Gasteiger charge is 2.58. The van der Waals surface area contributed by atoms with E-state index in [0.717, 1.165) is 34.3 Å². The fourth-order valence-electron chi connectivity index (χ4n) is 6.25. The van der Waals surface area contributed by atoms with Gasteiger partial charge in [-0.1, -0.05) is 58.4 Å². The summed E-state index contributed by atoms with van der Waals surface area (Å²) < 4.78 is 8.17. The molecule has 1 atom stereocenters. The third kappa shape index (κ3) is 2.70. The molecule has 0 saturated heterocycles. The van der Waals surface area contributed by atoms with E-state index in [1.54, 1.807) is 0 Å². The van der Waals surface area contributed by atoms with Gasteiger partial charge < -0.3 is 14.5 Å². The van der Waals surface area contributed by atoms with E-state index in [1.807, 2.05) is 6.21 Å². The van der Waals surface area contributed by atoms with Crippen LogP contribution in [0.1, 0.15) is 25.0 Å². The lowest BCUT2D eigenvalue weighted by Gasteiger charge is -2.45. The summed E-state index contributed by atoms with van der Waals surface area (Å²) in [5, 5.41) is 2.31. The van der Waals surface area contributed by atoms with E-state index in [0.29, 0.717) is 0 Å². The van der Waals surface area contributed by atoms with E-state index < -0.39 is 5.72 Å². The van der Waals surface area contributed by atoms with Crippen molar-refractivity contribution in [3.8, 4) is 5.75 Å². The Balaban J connectivity index is 1.42. The number of anilines is 3. The zero-order valence-corrected chi connectivity index (χ0v) is 21.6. The molecular weight excluding hydrogens is 498 g/mol. The van der Waals surface area contributed by atoms with E-state index in [1.165, 1.54) is 33.6 Å². The molecule has 3 aliphatic rings. The normalized spacial score (nSPS) is 21.3. The highest BCUT2D eigenvalue weighted by Crippen LogP contribution is 2.55. The molecule has 4 nitrogen and oxygen atoms in total. The first kappa shape index (κ1) is 21.0. The fourth-order valence-corrected chi connectivity index (χ4v) is 6.66. The fraction of sp³-hybridized carbons (Fsp3) is 0.233. The number of rotatable bonds is 1. The Hall–Kier alpha value is -3.31. The van der Waals surface area contributed by atoms with Crippen LogP contribution in [-0.2, 0) is 11.8 Å². The Kier molecular flexibility index (Phi) is 4.27. The molecule has 0 fully saturated rings. The summed E-state index contributed by atoms with van der Waals surface area (Å²) in [6, 6.07) is 25.9. The van der Waals surface area contributed by atoms with Crippen molar-refractivity contribution in [3.63, 3.8) is 0 Å². The van der Waals surface area contributed by atoms with Gasteiger partial charge in [0.15, 0.2) is 5.75 Å². The standard InChI is InChI=1S/C30H26BrN3O/c1-29(2)23-10-6-7-11-25(23)33(3)30(29)18-32-28-22-9-5-4-8-21(22)26(17-27(28)35-30)34-15-14-19-16-20(31)12-13-24(19)34/h4-13,16-18H,14-15H2,1-3H3. The van der Waals surface area contributed by atoms with Crippen molar-refractivity contribution in [2.75, 3.05) is 23.4 Å². The Morgan fingerprint density at radius 2 is 1.66 bits per heavy atom. The molecule has 0 aliphatic carbocycles. The topological polar surface area (TPSA) is 28.1 Å². The molecule has 35 heavy (non-hydrogen) atoms. The van der Waals surface area contributed by atoms with Gasteiger partial charge in [-0.3, -0.25) is 4.99 Å². The van der Waals surface area contributed by atoms with E-state index in [4.69, 9.17) is 9.73 Å². The smallest absolute Gasteiger partial charge is 0.228 e. The summed E-state index contributed by atoms with van der Waals surface area (Å²) in [5.74, 6) is 0.833. The van der Waals surface area contributed by atoms with Crippen LogP contribution in [0, 0.1) is 0 Å². The molecule has 0 aromatic heterocycles. The molecule has 7 rings (SSSR count). The van der Waals surface area contributed by atoms with Gasteiger partial charge in [0.25, 0.3) is 0 Å². The van der Waals surface area contributed by atoms with E-state index in [2.05, 4.69) is 119 Å². The van der Waals surface area contributed by atoms with Crippen LogP contribution >= 0.6 is 15.9 Å². The number of para-hydroxylation sites is 1. The Morgan fingerprint density at radius 1 is 0.886 bits per heavy atom. The second kappa shape index (κ2) is 7.11. The van der Waals surface area contributed by atoms with Gasteiger partial charge in [0.05, 0.1) is 17.3 Å². The summed E-state index contributed by atoms with van der Waals surface area (Å²) in [7, 11) is 2.11. The quantitative estimate of drug-likeness (QED) is 0.258. The zero-order chi connectivity index (χ0) is 23.9. The summed E-state index contributed by atoms with van der Waals surface area (Å²) in [6.45, 7) is 5.45. The van der Waals surface area contributed by atoms with Crippen molar-refractivity contribution in [1.82, 2.24) is 0 Å². The number of likely N-dealkylation sites (N-methyl/N-ethyl adjacent to an activating group) is 1.